The number of hydrogen-bond donors (Lipinski definition) is 1. The van der Waals surface area contributed by atoms with Crippen molar-refractivity contribution >= 4 is 11.6 Å². The first kappa shape index (κ1) is 19.0. The van der Waals surface area contributed by atoms with Crippen LogP contribution >= 0.6 is 0 Å². The SMILES string of the molecule is CCN(C)c1ccccc1CNC(=O)[C@H](C)Cc1c(C)nn(C)c1C. The number of aryl methyl sites for hydroxylation is 2. The smallest absolute Gasteiger partial charge is 0.223 e. The molecule has 0 aliphatic rings. The molecule has 0 saturated carbocycles. The van der Waals surface area contributed by atoms with Gasteiger partial charge in [0.1, 0.15) is 0 Å². The third-order valence-corrected chi connectivity index (χ3v) is 4.95. The number of benzene rings is 1. The highest BCUT2D eigenvalue weighted by Crippen LogP contribution is 2.20. The Balaban J connectivity index is 2.01. The highest BCUT2D eigenvalue weighted by molar-refractivity contribution is 5.78. The fraction of sp³-hybridized carbons (Fsp3) is 0.500. The molecule has 0 unspecified atom stereocenters. The molecule has 5 heteroatoms. The van der Waals surface area contributed by atoms with Gasteiger partial charge in [-0.3, -0.25) is 9.48 Å². The number of nitrogens with zero attached hydrogens (tertiary/aromatic N) is 3. The number of rotatable bonds is 7. The van der Waals surface area contributed by atoms with E-state index in [-0.39, 0.29) is 11.8 Å². The largest absolute Gasteiger partial charge is 0.375 e. The van der Waals surface area contributed by atoms with Crippen LogP contribution in [0.4, 0.5) is 5.69 Å². The van der Waals surface area contributed by atoms with Crippen molar-refractivity contribution in [2.45, 2.75) is 40.7 Å². The molecule has 0 saturated heterocycles. The van der Waals surface area contributed by atoms with E-state index >= 15 is 0 Å². The van der Waals surface area contributed by atoms with Gasteiger partial charge in [-0.05, 0) is 44.4 Å². The van der Waals surface area contributed by atoms with Gasteiger partial charge in [0.05, 0.1) is 5.69 Å². The molecule has 1 aromatic heterocycles. The summed E-state index contributed by atoms with van der Waals surface area (Å²) in [5.74, 6) is -0.00530. The molecule has 0 radical (unpaired) electrons. The fourth-order valence-corrected chi connectivity index (χ4v) is 3.07. The van der Waals surface area contributed by atoms with E-state index in [4.69, 9.17) is 0 Å². The van der Waals surface area contributed by atoms with E-state index < -0.39 is 0 Å². The van der Waals surface area contributed by atoms with Gasteiger partial charge in [-0.15, -0.1) is 0 Å². The van der Waals surface area contributed by atoms with Crippen LogP contribution in [0, 0.1) is 19.8 Å². The fourth-order valence-electron chi connectivity index (χ4n) is 3.07. The molecule has 2 rings (SSSR count). The van der Waals surface area contributed by atoms with Gasteiger partial charge in [-0.2, -0.15) is 5.10 Å². The summed E-state index contributed by atoms with van der Waals surface area (Å²) in [6.45, 7) is 9.64. The number of nitrogens with one attached hydrogen (secondary N) is 1. The summed E-state index contributed by atoms with van der Waals surface area (Å²) in [5, 5.41) is 7.53. The lowest BCUT2D eigenvalue weighted by molar-refractivity contribution is -0.124. The quantitative estimate of drug-likeness (QED) is 0.841. The van der Waals surface area contributed by atoms with Gasteiger partial charge >= 0.3 is 0 Å². The molecule has 0 fully saturated rings. The number of carbonyl (C=O) groups excluding carboxylic acids is 1. The molecular weight excluding hydrogens is 312 g/mol. The Morgan fingerprint density at radius 1 is 1.32 bits per heavy atom. The van der Waals surface area contributed by atoms with Crippen molar-refractivity contribution in [1.29, 1.82) is 0 Å². The van der Waals surface area contributed by atoms with Crippen LogP contribution in [0.25, 0.3) is 0 Å². The van der Waals surface area contributed by atoms with E-state index in [9.17, 15) is 4.79 Å². The Bertz CT molecular complexity index is 735. The summed E-state index contributed by atoms with van der Waals surface area (Å²) in [7, 11) is 4.01. The Labute approximate surface area is 151 Å². The molecule has 0 bridgehead atoms. The Kier molecular flexibility index (Phi) is 6.23. The van der Waals surface area contributed by atoms with Gasteiger partial charge in [-0.25, -0.2) is 0 Å². The van der Waals surface area contributed by atoms with Crippen molar-refractivity contribution in [3.63, 3.8) is 0 Å². The van der Waals surface area contributed by atoms with Gasteiger partial charge in [0.15, 0.2) is 0 Å². The molecule has 0 aliphatic carbocycles. The van der Waals surface area contributed by atoms with Gasteiger partial charge in [-0.1, -0.05) is 25.1 Å². The average molecular weight is 342 g/mol. The first-order valence-corrected chi connectivity index (χ1v) is 8.90. The van der Waals surface area contributed by atoms with E-state index in [2.05, 4.69) is 48.3 Å². The zero-order chi connectivity index (χ0) is 18.6. The van der Waals surface area contributed by atoms with E-state index in [1.54, 1.807) is 0 Å². The number of para-hydroxylation sites is 1. The molecule has 0 aliphatic heterocycles. The summed E-state index contributed by atoms with van der Waals surface area (Å²) < 4.78 is 1.88. The molecule has 136 valence electrons. The van der Waals surface area contributed by atoms with Crippen molar-refractivity contribution in [3.8, 4) is 0 Å². The predicted octanol–water partition coefficient (Wildman–Crippen LogP) is 2.99. The van der Waals surface area contributed by atoms with Crippen LogP contribution in [-0.2, 0) is 24.8 Å². The highest BCUT2D eigenvalue weighted by atomic mass is 16.1. The zero-order valence-corrected chi connectivity index (χ0v) is 16.3. The van der Waals surface area contributed by atoms with Crippen LogP contribution in [0.15, 0.2) is 24.3 Å². The van der Waals surface area contributed by atoms with Crippen molar-refractivity contribution in [1.82, 2.24) is 15.1 Å². The van der Waals surface area contributed by atoms with E-state index in [0.717, 1.165) is 29.2 Å². The highest BCUT2D eigenvalue weighted by Gasteiger charge is 2.18. The second kappa shape index (κ2) is 8.19. The molecule has 1 atom stereocenters. The van der Waals surface area contributed by atoms with E-state index in [0.29, 0.717) is 13.0 Å². The Morgan fingerprint density at radius 3 is 2.60 bits per heavy atom. The van der Waals surface area contributed by atoms with Crippen LogP contribution < -0.4 is 10.2 Å². The van der Waals surface area contributed by atoms with Gasteiger partial charge in [0, 0.05) is 44.5 Å². The molecular formula is C20H30N4O. The van der Waals surface area contributed by atoms with Crippen LogP contribution in [-0.4, -0.2) is 29.3 Å². The topological polar surface area (TPSA) is 50.2 Å². The molecule has 0 spiro atoms. The Hall–Kier alpha value is -2.30. The lowest BCUT2D eigenvalue weighted by Crippen LogP contribution is -2.31. The minimum absolute atomic E-state index is 0.0802. The van der Waals surface area contributed by atoms with Crippen LogP contribution in [0.3, 0.4) is 0 Å². The summed E-state index contributed by atoms with van der Waals surface area (Å²) >= 11 is 0. The molecule has 5 nitrogen and oxygen atoms in total. The minimum atomic E-state index is -0.0855. The van der Waals surface area contributed by atoms with Crippen LogP contribution in [0.5, 0.6) is 0 Å². The van der Waals surface area contributed by atoms with Crippen molar-refractivity contribution in [2.24, 2.45) is 13.0 Å². The number of carbonyl (C=O) groups is 1. The summed E-state index contributed by atoms with van der Waals surface area (Å²) in [6, 6.07) is 8.21. The maximum atomic E-state index is 12.5. The number of hydrogen-bond acceptors (Lipinski definition) is 3. The van der Waals surface area contributed by atoms with E-state index in [1.807, 2.05) is 37.7 Å². The van der Waals surface area contributed by atoms with Gasteiger partial charge < -0.3 is 10.2 Å². The first-order valence-electron chi connectivity index (χ1n) is 8.90. The Morgan fingerprint density at radius 2 is 2.00 bits per heavy atom. The summed E-state index contributed by atoms with van der Waals surface area (Å²) in [5.41, 5.74) is 5.62. The van der Waals surface area contributed by atoms with Crippen LogP contribution in [0.2, 0.25) is 0 Å². The van der Waals surface area contributed by atoms with Crippen LogP contribution in [0.1, 0.15) is 36.4 Å². The van der Waals surface area contributed by atoms with Gasteiger partial charge in [0.25, 0.3) is 0 Å². The standard InChI is InChI=1S/C20H30N4O/c1-7-23(5)19-11-9-8-10-17(19)13-21-20(25)14(2)12-18-15(3)22-24(6)16(18)4/h8-11,14H,7,12-13H2,1-6H3,(H,21,25)/t14-/m1/s1. The number of anilines is 1. The number of aromatic nitrogens is 2. The predicted molar refractivity (Wildman–Crippen MR) is 103 cm³/mol. The summed E-state index contributed by atoms with van der Waals surface area (Å²) in [6.07, 6.45) is 0.716. The normalized spacial score (nSPS) is 12.1. The van der Waals surface area contributed by atoms with Crippen molar-refractivity contribution < 1.29 is 4.79 Å². The molecule has 1 heterocycles. The molecule has 1 amide bonds. The number of amides is 1. The molecule has 1 aromatic carbocycles. The molecule has 1 N–H and O–H groups in total. The van der Waals surface area contributed by atoms with E-state index in [1.165, 1.54) is 5.56 Å². The first-order chi connectivity index (χ1) is 11.8. The third-order valence-electron chi connectivity index (χ3n) is 4.95. The minimum Gasteiger partial charge on any atom is -0.375 e. The van der Waals surface area contributed by atoms with Gasteiger partial charge in [0.2, 0.25) is 5.91 Å². The summed E-state index contributed by atoms with van der Waals surface area (Å²) in [4.78, 5) is 14.7. The zero-order valence-electron chi connectivity index (χ0n) is 16.3. The lowest BCUT2D eigenvalue weighted by atomic mass is 9.98. The monoisotopic (exact) mass is 342 g/mol. The molecule has 25 heavy (non-hydrogen) atoms. The van der Waals surface area contributed by atoms with Crippen molar-refractivity contribution in [2.75, 3.05) is 18.5 Å². The second-order valence-electron chi connectivity index (χ2n) is 6.74. The maximum absolute atomic E-state index is 12.5. The molecule has 2 aromatic rings. The average Bonchev–Trinajstić information content (AvgIpc) is 2.85. The second-order valence-corrected chi connectivity index (χ2v) is 6.74. The third kappa shape index (κ3) is 4.41. The van der Waals surface area contributed by atoms with Crippen molar-refractivity contribution in [3.05, 3.63) is 46.8 Å². The lowest BCUT2D eigenvalue weighted by Gasteiger charge is -2.21. The maximum Gasteiger partial charge on any atom is 0.223 e.